The molecule has 0 aliphatic heterocycles. The lowest BCUT2D eigenvalue weighted by atomic mass is 10.1. The number of benzene rings is 2. The molecule has 0 aliphatic rings. The molecule has 0 saturated carbocycles. The van der Waals surface area contributed by atoms with Gasteiger partial charge >= 0.3 is 0 Å². The summed E-state index contributed by atoms with van der Waals surface area (Å²) in [6.45, 7) is 0. The Balaban J connectivity index is 2.31. The standard InChI is InChI=1S/C14H10Cl2N2O/c15-11-2-1-3-13(14(11)16)19-10-4-5-12(18)9(8-10)6-7-17/h1-5,8H,6,18H2. The molecule has 0 atom stereocenters. The van der Waals surface area contributed by atoms with Crippen molar-refractivity contribution in [2.45, 2.75) is 6.42 Å². The number of ether oxygens (including phenoxy) is 1. The number of nitrogen functional groups attached to an aromatic ring is 1. The quantitative estimate of drug-likeness (QED) is 0.851. The highest BCUT2D eigenvalue weighted by Crippen LogP contribution is 2.35. The zero-order chi connectivity index (χ0) is 13.8. The summed E-state index contributed by atoms with van der Waals surface area (Å²) >= 11 is 12.0. The molecule has 0 radical (unpaired) electrons. The summed E-state index contributed by atoms with van der Waals surface area (Å²) in [5.41, 5.74) is 7.05. The van der Waals surface area contributed by atoms with E-state index in [1.54, 1.807) is 36.4 Å². The minimum absolute atomic E-state index is 0.228. The molecule has 0 bridgehead atoms. The van der Waals surface area contributed by atoms with Crippen LogP contribution in [0.4, 0.5) is 5.69 Å². The molecular weight excluding hydrogens is 283 g/mol. The van der Waals surface area contributed by atoms with Crippen molar-refractivity contribution in [3.8, 4) is 17.6 Å². The van der Waals surface area contributed by atoms with Crippen LogP contribution in [0.15, 0.2) is 36.4 Å². The third-order valence-electron chi connectivity index (χ3n) is 2.53. The molecule has 0 fully saturated rings. The van der Waals surface area contributed by atoms with Gasteiger partial charge in [-0.3, -0.25) is 0 Å². The summed E-state index contributed by atoms with van der Waals surface area (Å²) in [5, 5.41) is 9.49. The summed E-state index contributed by atoms with van der Waals surface area (Å²) in [5.74, 6) is 1.02. The Morgan fingerprint density at radius 2 is 2.00 bits per heavy atom. The molecule has 0 heterocycles. The van der Waals surface area contributed by atoms with Crippen LogP contribution < -0.4 is 10.5 Å². The number of nitrogens with two attached hydrogens (primary N) is 1. The first-order valence-corrected chi connectivity index (χ1v) is 6.24. The van der Waals surface area contributed by atoms with Crippen LogP contribution in [-0.2, 0) is 6.42 Å². The molecule has 2 aromatic rings. The predicted octanol–water partition coefficient (Wildman–Crippen LogP) is 4.43. The lowest BCUT2D eigenvalue weighted by Gasteiger charge is -2.10. The Morgan fingerprint density at radius 3 is 2.74 bits per heavy atom. The van der Waals surface area contributed by atoms with Crippen LogP contribution in [0.2, 0.25) is 10.0 Å². The number of hydrogen-bond donors (Lipinski definition) is 1. The van der Waals surface area contributed by atoms with E-state index < -0.39 is 0 Å². The van der Waals surface area contributed by atoms with Crippen LogP contribution in [0.1, 0.15) is 5.56 Å². The minimum Gasteiger partial charge on any atom is -0.456 e. The van der Waals surface area contributed by atoms with Crippen molar-refractivity contribution in [3.05, 3.63) is 52.0 Å². The van der Waals surface area contributed by atoms with Gasteiger partial charge in [0.05, 0.1) is 17.5 Å². The molecule has 5 heteroatoms. The van der Waals surface area contributed by atoms with Crippen molar-refractivity contribution in [2.75, 3.05) is 5.73 Å². The van der Waals surface area contributed by atoms with Crippen LogP contribution in [-0.4, -0.2) is 0 Å². The third kappa shape index (κ3) is 3.11. The summed E-state index contributed by atoms with van der Waals surface area (Å²) in [4.78, 5) is 0. The van der Waals surface area contributed by atoms with Crippen molar-refractivity contribution in [1.82, 2.24) is 0 Å². The van der Waals surface area contributed by atoms with Crippen molar-refractivity contribution in [1.29, 1.82) is 5.26 Å². The fourth-order valence-corrected chi connectivity index (χ4v) is 1.90. The first kappa shape index (κ1) is 13.5. The molecule has 2 N–H and O–H groups in total. The van der Waals surface area contributed by atoms with E-state index in [1.165, 1.54) is 0 Å². The fourth-order valence-electron chi connectivity index (χ4n) is 1.57. The normalized spacial score (nSPS) is 9.95. The Bertz CT molecular complexity index is 650. The monoisotopic (exact) mass is 292 g/mol. The molecule has 0 aliphatic carbocycles. The Hall–Kier alpha value is -1.89. The number of hydrogen-bond acceptors (Lipinski definition) is 3. The maximum Gasteiger partial charge on any atom is 0.147 e. The molecule has 0 unspecified atom stereocenters. The van der Waals surface area contributed by atoms with Crippen LogP contribution in [0.25, 0.3) is 0 Å². The number of anilines is 1. The first-order valence-electron chi connectivity index (χ1n) is 5.49. The summed E-state index contributed by atoms with van der Waals surface area (Å²) < 4.78 is 5.65. The van der Waals surface area contributed by atoms with E-state index in [0.717, 1.165) is 5.56 Å². The molecule has 0 spiro atoms. The molecule has 3 nitrogen and oxygen atoms in total. The largest absolute Gasteiger partial charge is 0.456 e. The van der Waals surface area contributed by atoms with Gasteiger partial charge in [0.1, 0.15) is 16.5 Å². The van der Waals surface area contributed by atoms with Gasteiger partial charge in [0.25, 0.3) is 0 Å². The van der Waals surface area contributed by atoms with Crippen LogP contribution >= 0.6 is 23.2 Å². The lowest BCUT2D eigenvalue weighted by Crippen LogP contribution is -1.94. The number of nitriles is 1. The second-order valence-electron chi connectivity index (χ2n) is 3.85. The average molecular weight is 293 g/mol. The molecule has 0 aromatic heterocycles. The van der Waals surface area contributed by atoms with Crippen LogP contribution in [0.3, 0.4) is 0 Å². The third-order valence-corrected chi connectivity index (χ3v) is 3.33. The highest BCUT2D eigenvalue weighted by atomic mass is 35.5. The van der Waals surface area contributed by atoms with E-state index in [-0.39, 0.29) is 6.42 Å². The van der Waals surface area contributed by atoms with Crippen molar-refractivity contribution < 1.29 is 4.74 Å². The Labute approximate surface area is 121 Å². The molecule has 2 rings (SSSR count). The first-order chi connectivity index (χ1) is 9.11. The second-order valence-corrected chi connectivity index (χ2v) is 4.63. The maximum absolute atomic E-state index is 8.72. The molecule has 2 aromatic carbocycles. The van der Waals surface area contributed by atoms with Gasteiger partial charge in [0.2, 0.25) is 0 Å². The van der Waals surface area contributed by atoms with E-state index in [4.69, 9.17) is 38.9 Å². The van der Waals surface area contributed by atoms with E-state index in [9.17, 15) is 0 Å². The molecular formula is C14H10Cl2N2O. The van der Waals surface area contributed by atoms with Gasteiger partial charge in [-0.05, 0) is 35.9 Å². The molecule has 0 saturated heterocycles. The van der Waals surface area contributed by atoms with E-state index in [0.29, 0.717) is 27.2 Å². The van der Waals surface area contributed by atoms with Crippen molar-refractivity contribution >= 4 is 28.9 Å². The van der Waals surface area contributed by atoms with Gasteiger partial charge < -0.3 is 10.5 Å². The van der Waals surface area contributed by atoms with E-state index in [1.807, 2.05) is 0 Å². The van der Waals surface area contributed by atoms with Crippen molar-refractivity contribution in [3.63, 3.8) is 0 Å². The number of rotatable bonds is 3. The SMILES string of the molecule is N#CCc1cc(Oc2cccc(Cl)c2Cl)ccc1N. The minimum atomic E-state index is 0.228. The van der Waals surface area contributed by atoms with Gasteiger partial charge in [0.15, 0.2) is 0 Å². The van der Waals surface area contributed by atoms with Crippen LogP contribution in [0, 0.1) is 11.3 Å². The Kier molecular flexibility index (Phi) is 4.16. The summed E-state index contributed by atoms with van der Waals surface area (Å²) in [6.07, 6.45) is 0.228. The summed E-state index contributed by atoms with van der Waals surface area (Å²) in [7, 11) is 0. The molecule has 96 valence electrons. The lowest BCUT2D eigenvalue weighted by molar-refractivity contribution is 0.482. The van der Waals surface area contributed by atoms with E-state index >= 15 is 0 Å². The van der Waals surface area contributed by atoms with Crippen molar-refractivity contribution in [2.24, 2.45) is 0 Å². The second kappa shape index (κ2) is 5.83. The highest BCUT2D eigenvalue weighted by molar-refractivity contribution is 6.42. The molecule has 0 amide bonds. The number of nitrogens with zero attached hydrogens (tertiary/aromatic N) is 1. The Morgan fingerprint density at radius 1 is 1.21 bits per heavy atom. The maximum atomic E-state index is 8.72. The summed E-state index contributed by atoms with van der Waals surface area (Å²) in [6, 6.07) is 12.3. The smallest absolute Gasteiger partial charge is 0.147 e. The van der Waals surface area contributed by atoms with Gasteiger partial charge in [-0.2, -0.15) is 5.26 Å². The number of halogens is 2. The van der Waals surface area contributed by atoms with Gasteiger partial charge in [-0.25, -0.2) is 0 Å². The predicted molar refractivity (Wildman–Crippen MR) is 76.7 cm³/mol. The fraction of sp³-hybridized carbons (Fsp3) is 0.0714. The topological polar surface area (TPSA) is 59.0 Å². The highest BCUT2D eigenvalue weighted by Gasteiger charge is 2.08. The average Bonchev–Trinajstić information content (AvgIpc) is 2.39. The van der Waals surface area contributed by atoms with Gasteiger partial charge in [0, 0.05) is 5.69 Å². The van der Waals surface area contributed by atoms with Crippen LogP contribution in [0.5, 0.6) is 11.5 Å². The van der Waals surface area contributed by atoms with Gasteiger partial charge in [-0.1, -0.05) is 29.3 Å². The van der Waals surface area contributed by atoms with Gasteiger partial charge in [-0.15, -0.1) is 0 Å². The van der Waals surface area contributed by atoms with E-state index in [2.05, 4.69) is 6.07 Å². The zero-order valence-corrected chi connectivity index (χ0v) is 11.4. The zero-order valence-electron chi connectivity index (χ0n) is 9.86. The molecule has 19 heavy (non-hydrogen) atoms.